The van der Waals surface area contributed by atoms with Crippen LogP contribution in [0.15, 0.2) is 109 Å². The Balaban J connectivity index is 1.59. The Bertz CT molecular complexity index is 1490. The standard InChI is InChI=1S/C33H28O8/c1-20(32(38)39)17-21(2)33(40-24-13-15-26(28(34)18-24)30(36)22-9-5-3-6-10-22)41-25-14-16-27(29(35)19-25)31(37)23-11-7-4-8-12-23/h3-19,21,33-35H,1-2H3,(H,38,39). The first-order valence-corrected chi connectivity index (χ1v) is 12.7. The first-order valence-electron chi connectivity index (χ1n) is 12.7. The highest BCUT2D eigenvalue weighted by Crippen LogP contribution is 2.31. The van der Waals surface area contributed by atoms with Crippen LogP contribution < -0.4 is 9.47 Å². The topological polar surface area (TPSA) is 130 Å². The molecule has 8 heteroatoms. The zero-order valence-electron chi connectivity index (χ0n) is 22.4. The third kappa shape index (κ3) is 6.99. The molecule has 3 N–H and O–H groups in total. The second kappa shape index (κ2) is 12.7. The minimum Gasteiger partial charge on any atom is -0.507 e. The first-order chi connectivity index (χ1) is 19.6. The molecule has 0 aliphatic heterocycles. The molecule has 1 unspecified atom stereocenters. The number of phenolic OH excluding ortho intramolecular Hbond substituents is 2. The number of phenols is 2. The molecule has 4 aromatic carbocycles. The summed E-state index contributed by atoms with van der Waals surface area (Å²) in [5.74, 6) is -2.75. The first kappa shape index (κ1) is 28.6. The van der Waals surface area contributed by atoms with E-state index >= 15 is 0 Å². The average Bonchev–Trinajstić information content (AvgIpc) is 2.97. The van der Waals surface area contributed by atoms with Crippen molar-refractivity contribution in [2.24, 2.45) is 5.92 Å². The summed E-state index contributed by atoms with van der Waals surface area (Å²) in [6.07, 6.45) is 0.335. The number of carbonyl (C=O) groups excluding carboxylic acids is 2. The lowest BCUT2D eigenvalue weighted by atomic mass is 10.0. The Kier molecular flexibility index (Phi) is 8.84. The van der Waals surface area contributed by atoms with Gasteiger partial charge in [0.25, 0.3) is 0 Å². The molecule has 0 bridgehead atoms. The Morgan fingerprint density at radius 1 is 0.683 bits per heavy atom. The number of rotatable bonds is 11. The van der Waals surface area contributed by atoms with Gasteiger partial charge in [-0.3, -0.25) is 9.59 Å². The van der Waals surface area contributed by atoms with Crippen molar-refractivity contribution in [3.8, 4) is 23.0 Å². The fourth-order valence-corrected chi connectivity index (χ4v) is 4.09. The maximum atomic E-state index is 12.8. The molecule has 0 aliphatic rings. The van der Waals surface area contributed by atoms with Gasteiger partial charge < -0.3 is 24.8 Å². The van der Waals surface area contributed by atoms with Crippen LogP contribution in [0.5, 0.6) is 23.0 Å². The monoisotopic (exact) mass is 552 g/mol. The third-order valence-corrected chi connectivity index (χ3v) is 6.28. The number of ether oxygens (including phenoxy) is 2. The molecule has 0 spiro atoms. The van der Waals surface area contributed by atoms with E-state index < -0.39 is 18.2 Å². The summed E-state index contributed by atoms with van der Waals surface area (Å²) in [4.78, 5) is 37.0. The molecule has 0 fully saturated rings. The number of hydrogen-bond donors (Lipinski definition) is 3. The highest BCUT2D eigenvalue weighted by molar-refractivity contribution is 6.11. The zero-order valence-corrected chi connectivity index (χ0v) is 22.4. The molecule has 0 amide bonds. The second-order valence-corrected chi connectivity index (χ2v) is 9.37. The molecule has 208 valence electrons. The van der Waals surface area contributed by atoms with Crippen molar-refractivity contribution < 1.29 is 39.2 Å². The van der Waals surface area contributed by atoms with Gasteiger partial charge in [-0.15, -0.1) is 0 Å². The Morgan fingerprint density at radius 3 is 1.46 bits per heavy atom. The van der Waals surface area contributed by atoms with Crippen LogP contribution in [0.2, 0.25) is 0 Å². The van der Waals surface area contributed by atoms with Crippen molar-refractivity contribution in [3.63, 3.8) is 0 Å². The number of carboxylic acid groups (broad SMARTS) is 1. The van der Waals surface area contributed by atoms with E-state index in [1.807, 2.05) is 0 Å². The van der Waals surface area contributed by atoms with Crippen LogP contribution in [-0.4, -0.2) is 39.1 Å². The SMILES string of the molecule is CC(=CC(C)C(Oc1ccc(C(=O)c2ccccc2)c(O)c1)Oc1ccc(C(=O)c2ccccc2)c(O)c1)C(=O)O. The Hall–Kier alpha value is -5.37. The van der Waals surface area contributed by atoms with Gasteiger partial charge in [0, 0.05) is 34.8 Å². The normalized spacial score (nSPS) is 12.0. The molecule has 41 heavy (non-hydrogen) atoms. The second-order valence-electron chi connectivity index (χ2n) is 9.37. The van der Waals surface area contributed by atoms with E-state index in [0.29, 0.717) is 11.1 Å². The minimum atomic E-state index is -1.12. The van der Waals surface area contributed by atoms with Gasteiger partial charge in [-0.25, -0.2) is 4.79 Å². The fraction of sp³-hybridized carbons (Fsp3) is 0.121. The van der Waals surface area contributed by atoms with Gasteiger partial charge in [0.15, 0.2) is 11.6 Å². The summed E-state index contributed by atoms with van der Waals surface area (Å²) >= 11 is 0. The van der Waals surface area contributed by atoms with Crippen LogP contribution in [0.1, 0.15) is 45.7 Å². The summed E-state index contributed by atoms with van der Waals surface area (Å²) in [5, 5.41) is 30.5. The smallest absolute Gasteiger partial charge is 0.330 e. The lowest BCUT2D eigenvalue weighted by Crippen LogP contribution is -2.31. The van der Waals surface area contributed by atoms with E-state index in [1.54, 1.807) is 67.6 Å². The van der Waals surface area contributed by atoms with Crippen molar-refractivity contribution in [3.05, 3.63) is 131 Å². The predicted molar refractivity (Wildman–Crippen MR) is 152 cm³/mol. The van der Waals surface area contributed by atoms with Crippen LogP contribution in [0.4, 0.5) is 0 Å². The van der Waals surface area contributed by atoms with Gasteiger partial charge in [0.2, 0.25) is 6.29 Å². The molecule has 0 saturated carbocycles. The van der Waals surface area contributed by atoms with Gasteiger partial charge >= 0.3 is 5.97 Å². The Labute approximate surface area is 236 Å². The number of benzene rings is 4. The number of carbonyl (C=O) groups is 3. The lowest BCUT2D eigenvalue weighted by Gasteiger charge is -2.25. The molecule has 0 heterocycles. The van der Waals surface area contributed by atoms with Crippen molar-refractivity contribution in [2.75, 3.05) is 0 Å². The summed E-state index contributed by atoms with van der Waals surface area (Å²) < 4.78 is 12.0. The maximum Gasteiger partial charge on any atom is 0.330 e. The highest BCUT2D eigenvalue weighted by atomic mass is 16.7. The van der Waals surface area contributed by atoms with E-state index in [1.165, 1.54) is 49.4 Å². The predicted octanol–water partition coefficient (Wildman–Crippen LogP) is 6.01. The number of hydrogen-bond acceptors (Lipinski definition) is 7. The van der Waals surface area contributed by atoms with Crippen LogP contribution in [0.3, 0.4) is 0 Å². The van der Waals surface area contributed by atoms with Crippen molar-refractivity contribution in [1.29, 1.82) is 0 Å². The summed E-state index contributed by atoms with van der Waals surface area (Å²) in [6.45, 7) is 3.11. The van der Waals surface area contributed by atoms with Gasteiger partial charge in [0.1, 0.15) is 23.0 Å². The summed E-state index contributed by atoms with van der Waals surface area (Å²) in [5.41, 5.74) is 1.05. The molecule has 0 aromatic heterocycles. The molecule has 0 saturated heterocycles. The van der Waals surface area contributed by atoms with Gasteiger partial charge in [-0.1, -0.05) is 73.7 Å². The number of ketones is 2. The van der Waals surface area contributed by atoms with E-state index in [9.17, 15) is 29.7 Å². The lowest BCUT2D eigenvalue weighted by molar-refractivity contribution is -0.132. The average molecular weight is 553 g/mol. The van der Waals surface area contributed by atoms with Crippen molar-refractivity contribution in [2.45, 2.75) is 20.1 Å². The number of carboxylic acids is 1. The van der Waals surface area contributed by atoms with Crippen molar-refractivity contribution in [1.82, 2.24) is 0 Å². The van der Waals surface area contributed by atoms with E-state index in [-0.39, 0.29) is 51.3 Å². The number of aromatic hydroxyl groups is 2. The quantitative estimate of drug-likeness (QED) is 0.117. The Morgan fingerprint density at radius 2 is 1.10 bits per heavy atom. The minimum absolute atomic E-state index is 0.0630. The molecular weight excluding hydrogens is 524 g/mol. The molecule has 8 nitrogen and oxygen atoms in total. The van der Waals surface area contributed by atoms with Crippen LogP contribution in [0.25, 0.3) is 0 Å². The third-order valence-electron chi connectivity index (χ3n) is 6.28. The highest BCUT2D eigenvalue weighted by Gasteiger charge is 2.23. The molecule has 0 aliphatic carbocycles. The fourth-order valence-electron chi connectivity index (χ4n) is 4.09. The van der Waals surface area contributed by atoms with Crippen LogP contribution >= 0.6 is 0 Å². The maximum absolute atomic E-state index is 12.8. The molecule has 4 rings (SSSR count). The number of aliphatic carboxylic acids is 1. The van der Waals surface area contributed by atoms with E-state index in [0.717, 1.165) is 0 Å². The molecule has 0 radical (unpaired) electrons. The largest absolute Gasteiger partial charge is 0.507 e. The van der Waals surface area contributed by atoms with E-state index in [4.69, 9.17) is 9.47 Å². The summed E-state index contributed by atoms with van der Waals surface area (Å²) in [6, 6.07) is 25.4. The van der Waals surface area contributed by atoms with Crippen molar-refractivity contribution >= 4 is 17.5 Å². The molecular formula is C33H28O8. The van der Waals surface area contributed by atoms with Gasteiger partial charge in [-0.05, 0) is 31.2 Å². The zero-order chi connectivity index (χ0) is 29.5. The van der Waals surface area contributed by atoms with Gasteiger partial charge in [-0.2, -0.15) is 0 Å². The molecule has 1 atom stereocenters. The van der Waals surface area contributed by atoms with Crippen LogP contribution in [-0.2, 0) is 4.79 Å². The molecule has 4 aromatic rings. The van der Waals surface area contributed by atoms with Gasteiger partial charge in [0.05, 0.1) is 11.1 Å². The van der Waals surface area contributed by atoms with E-state index in [2.05, 4.69) is 0 Å². The van der Waals surface area contributed by atoms with Crippen LogP contribution in [0, 0.1) is 5.92 Å². The summed E-state index contributed by atoms with van der Waals surface area (Å²) in [7, 11) is 0.